The fourth-order valence-corrected chi connectivity index (χ4v) is 1.72. The minimum atomic E-state index is -0.512. The smallest absolute Gasteiger partial charge is 0.165 e. The van der Waals surface area contributed by atoms with Crippen molar-refractivity contribution in [3.8, 4) is 5.75 Å². The van der Waals surface area contributed by atoms with Gasteiger partial charge in [-0.2, -0.15) is 0 Å². The van der Waals surface area contributed by atoms with Crippen molar-refractivity contribution in [1.29, 1.82) is 0 Å². The number of halogens is 3. The maximum atomic E-state index is 13.4. The van der Waals surface area contributed by atoms with E-state index in [0.717, 1.165) is 5.56 Å². The van der Waals surface area contributed by atoms with Gasteiger partial charge in [-0.1, -0.05) is 29.8 Å². The van der Waals surface area contributed by atoms with Crippen molar-refractivity contribution >= 4 is 11.6 Å². The standard InChI is InChI=1S/C14H11ClF2O/c1-9-5-6-11(16)13(7-9)18-8-10-3-2-4-12(17)14(10)15/h2-7H,8H2,1H3. The molecule has 0 aromatic heterocycles. The highest BCUT2D eigenvalue weighted by Crippen LogP contribution is 2.23. The van der Waals surface area contributed by atoms with Crippen LogP contribution in [0.3, 0.4) is 0 Å². The third kappa shape index (κ3) is 2.79. The van der Waals surface area contributed by atoms with Gasteiger partial charge in [0.15, 0.2) is 11.6 Å². The van der Waals surface area contributed by atoms with Gasteiger partial charge < -0.3 is 4.74 Å². The maximum Gasteiger partial charge on any atom is 0.165 e. The average molecular weight is 269 g/mol. The second-order valence-electron chi connectivity index (χ2n) is 3.94. The summed E-state index contributed by atoms with van der Waals surface area (Å²) in [5.74, 6) is -0.828. The van der Waals surface area contributed by atoms with Crippen LogP contribution in [0.4, 0.5) is 8.78 Å². The molecule has 0 aliphatic carbocycles. The zero-order valence-electron chi connectivity index (χ0n) is 9.71. The minimum absolute atomic E-state index is 0.00515. The SMILES string of the molecule is Cc1ccc(F)c(OCc2cccc(F)c2Cl)c1. The molecule has 2 aromatic carbocycles. The van der Waals surface area contributed by atoms with Crippen LogP contribution < -0.4 is 4.74 Å². The summed E-state index contributed by atoms with van der Waals surface area (Å²) in [4.78, 5) is 0. The molecule has 0 spiro atoms. The first-order valence-electron chi connectivity index (χ1n) is 5.40. The van der Waals surface area contributed by atoms with Gasteiger partial charge in [0.05, 0.1) is 5.02 Å². The summed E-state index contributed by atoms with van der Waals surface area (Å²) >= 11 is 5.78. The first kappa shape index (κ1) is 12.8. The molecule has 2 rings (SSSR count). The van der Waals surface area contributed by atoms with Crippen LogP contribution in [0.25, 0.3) is 0 Å². The van der Waals surface area contributed by atoms with Crippen LogP contribution in [0.15, 0.2) is 36.4 Å². The lowest BCUT2D eigenvalue weighted by molar-refractivity contribution is 0.289. The Morgan fingerprint density at radius 2 is 1.89 bits per heavy atom. The van der Waals surface area contributed by atoms with E-state index in [0.29, 0.717) is 5.56 Å². The lowest BCUT2D eigenvalue weighted by atomic mass is 10.2. The molecular weight excluding hydrogens is 258 g/mol. The summed E-state index contributed by atoms with van der Waals surface area (Å²) < 4.78 is 31.9. The third-order valence-corrected chi connectivity index (χ3v) is 2.92. The Bertz CT molecular complexity index is 568. The molecule has 0 heterocycles. The lowest BCUT2D eigenvalue weighted by Crippen LogP contribution is -1.99. The van der Waals surface area contributed by atoms with E-state index in [9.17, 15) is 8.78 Å². The summed E-state index contributed by atoms with van der Waals surface area (Å²) in [6.07, 6.45) is 0. The Morgan fingerprint density at radius 3 is 2.67 bits per heavy atom. The van der Waals surface area contributed by atoms with Gasteiger partial charge in [0.2, 0.25) is 0 Å². The second-order valence-corrected chi connectivity index (χ2v) is 4.31. The van der Waals surface area contributed by atoms with Crippen molar-refractivity contribution in [2.45, 2.75) is 13.5 Å². The van der Waals surface area contributed by atoms with E-state index in [4.69, 9.17) is 16.3 Å². The van der Waals surface area contributed by atoms with E-state index in [-0.39, 0.29) is 17.4 Å². The molecule has 2 aromatic rings. The number of aryl methyl sites for hydroxylation is 1. The maximum absolute atomic E-state index is 13.4. The van der Waals surface area contributed by atoms with E-state index in [1.54, 1.807) is 18.2 Å². The number of hydrogen-bond donors (Lipinski definition) is 0. The molecule has 18 heavy (non-hydrogen) atoms. The molecule has 0 aliphatic heterocycles. The molecule has 0 radical (unpaired) electrons. The molecule has 94 valence electrons. The predicted molar refractivity (Wildman–Crippen MR) is 66.9 cm³/mol. The number of benzene rings is 2. The first-order chi connectivity index (χ1) is 8.58. The molecule has 0 atom stereocenters. The Morgan fingerprint density at radius 1 is 1.11 bits per heavy atom. The normalized spacial score (nSPS) is 10.4. The van der Waals surface area contributed by atoms with E-state index < -0.39 is 11.6 Å². The van der Waals surface area contributed by atoms with Gasteiger partial charge in [-0.15, -0.1) is 0 Å². The second kappa shape index (κ2) is 5.36. The van der Waals surface area contributed by atoms with Gasteiger partial charge in [0.1, 0.15) is 12.4 Å². The highest BCUT2D eigenvalue weighted by atomic mass is 35.5. The molecule has 0 aliphatic rings. The summed E-state index contributed by atoms with van der Waals surface area (Å²) in [7, 11) is 0. The Hall–Kier alpha value is -1.61. The topological polar surface area (TPSA) is 9.23 Å². The zero-order chi connectivity index (χ0) is 13.1. The predicted octanol–water partition coefficient (Wildman–Crippen LogP) is 4.51. The fraction of sp³-hybridized carbons (Fsp3) is 0.143. The van der Waals surface area contributed by atoms with Gasteiger partial charge in [-0.3, -0.25) is 0 Å². The molecule has 1 nitrogen and oxygen atoms in total. The average Bonchev–Trinajstić information content (AvgIpc) is 2.35. The monoisotopic (exact) mass is 268 g/mol. The molecule has 0 saturated heterocycles. The zero-order valence-corrected chi connectivity index (χ0v) is 10.5. The molecule has 0 amide bonds. The van der Waals surface area contributed by atoms with Gasteiger partial charge in [0.25, 0.3) is 0 Å². The number of ether oxygens (including phenoxy) is 1. The molecule has 0 N–H and O–H groups in total. The molecule has 0 bridgehead atoms. The van der Waals surface area contributed by atoms with Crippen molar-refractivity contribution in [2.75, 3.05) is 0 Å². The Labute approximate surface area is 109 Å². The molecule has 0 unspecified atom stereocenters. The van der Waals surface area contributed by atoms with Gasteiger partial charge in [-0.25, -0.2) is 8.78 Å². The van der Waals surface area contributed by atoms with Crippen LogP contribution in [-0.4, -0.2) is 0 Å². The van der Waals surface area contributed by atoms with Crippen LogP contribution in [0.2, 0.25) is 5.02 Å². The van der Waals surface area contributed by atoms with E-state index >= 15 is 0 Å². The summed E-state index contributed by atoms with van der Waals surface area (Å²) in [6.45, 7) is 1.86. The quantitative estimate of drug-likeness (QED) is 0.796. The summed E-state index contributed by atoms with van der Waals surface area (Å²) in [5, 5.41) is 0.00515. The van der Waals surface area contributed by atoms with Crippen LogP contribution in [0, 0.1) is 18.6 Å². The van der Waals surface area contributed by atoms with Crippen LogP contribution in [0.1, 0.15) is 11.1 Å². The van der Waals surface area contributed by atoms with Crippen LogP contribution in [0.5, 0.6) is 5.75 Å². The van der Waals surface area contributed by atoms with Crippen molar-refractivity contribution in [1.82, 2.24) is 0 Å². The van der Waals surface area contributed by atoms with Crippen LogP contribution >= 0.6 is 11.6 Å². The Kier molecular flexibility index (Phi) is 3.82. The lowest BCUT2D eigenvalue weighted by Gasteiger charge is -2.09. The van der Waals surface area contributed by atoms with Crippen molar-refractivity contribution in [3.63, 3.8) is 0 Å². The first-order valence-corrected chi connectivity index (χ1v) is 5.77. The fourth-order valence-electron chi connectivity index (χ4n) is 1.54. The van der Waals surface area contributed by atoms with Gasteiger partial charge >= 0.3 is 0 Å². The molecule has 0 saturated carbocycles. The van der Waals surface area contributed by atoms with Gasteiger partial charge in [0, 0.05) is 5.56 Å². The molecule has 4 heteroatoms. The Balaban J connectivity index is 2.16. The van der Waals surface area contributed by atoms with E-state index in [2.05, 4.69) is 0 Å². The van der Waals surface area contributed by atoms with E-state index in [1.165, 1.54) is 18.2 Å². The molecular formula is C14H11ClF2O. The summed E-state index contributed by atoms with van der Waals surface area (Å²) in [5.41, 5.74) is 1.37. The summed E-state index contributed by atoms with van der Waals surface area (Å²) in [6, 6.07) is 9.00. The van der Waals surface area contributed by atoms with Crippen molar-refractivity contribution in [3.05, 3.63) is 64.2 Å². The minimum Gasteiger partial charge on any atom is -0.486 e. The van der Waals surface area contributed by atoms with Crippen molar-refractivity contribution in [2.24, 2.45) is 0 Å². The largest absolute Gasteiger partial charge is 0.486 e. The van der Waals surface area contributed by atoms with Crippen molar-refractivity contribution < 1.29 is 13.5 Å². The number of rotatable bonds is 3. The van der Waals surface area contributed by atoms with E-state index in [1.807, 2.05) is 6.92 Å². The third-order valence-electron chi connectivity index (χ3n) is 2.50. The van der Waals surface area contributed by atoms with Crippen LogP contribution in [-0.2, 0) is 6.61 Å². The number of hydrogen-bond acceptors (Lipinski definition) is 1. The highest BCUT2D eigenvalue weighted by Gasteiger charge is 2.08. The molecule has 0 fully saturated rings. The van der Waals surface area contributed by atoms with Gasteiger partial charge in [-0.05, 0) is 30.7 Å². The highest BCUT2D eigenvalue weighted by molar-refractivity contribution is 6.31.